The van der Waals surface area contributed by atoms with Gasteiger partial charge in [-0.3, -0.25) is 9.59 Å². The number of ether oxygens (including phenoxy) is 3. The molecule has 2 saturated heterocycles. The van der Waals surface area contributed by atoms with Crippen molar-refractivity contribution in [2.45, 2.75) is 82.6 Å². The predicted octanol–water partition coefficient (Wildman–Crippen LogP) is 3.01. The van der Waals surface area contributed by atoms with E-state index in [4.69, 9.17) is 19.2 Å². The van der Waals surface area contributed by atoms with E-state index in [2.05, 4.69) is 28.8 Å². The van der Waals surface area contributed by atoms with Crippen molar-refractivity contribution in [3.8, 4) is 5.75 Å². The summed E-state index contributed by atoms with van der Waals surface area (Å²) in [5.74, 6) is -0.545. The molecule has 36 heavy (non-hydrogen) atoms. The third kappa shape index (κ3) is 3.69. The number of likely N-dealkylation sites (N-methyl/N-ethyl adjacent to an activating group) is 1. The van der Waals surface area contributed by atoms with E-state index >= 15 is 0 Å². The van der Waals surface area contributed by atoms with Crippen LogP contribution in [-0.4, -0.2) is 84.3 Å². The second-order valence-electron chi connectivity index (χ2n) is 11.3. The number of nitrogens with zero attached hydrogens (tertiary/aromatic N) is 4. The van der Waals surface area contributed by atoms with Crippen molar-refractivity contribution in [3.05, 3.63) is 12.0 Å². The third-order valence-corrected chi connectivity index (χ3v) is 9.49. The van der Waals surface area contributed by atoms with E-state index in [9.17, 15) is 9.59 Å². The maximum Gasteiger partial charge on any atom is 0.210 e. The molecule has 4 fully saturated rings. The van der Waals surface area contributed by atoms with Gasteiger partial charge in [0.1, 0.15) is 6.61 Å². The monoisotopic (exact) mass is 498 g/mol. The van der Waals surface area contributed by atoms with Crippen LogP contribution < -0.4 is 9.64 Å². The molecular weight excluding hydrogens is 460 g/mol. The standard InChI is InChI=1S/C27H38N4O5/c1-18(20-8-6-12-30(20)2)31-13-14-34-21-17-28-24(29-25(21)31)22(32)19-7-5-10-26(23(19)33)9-3-4-11-27(26)35-15-16-36-27/h17-20H,3-16H2,1-2H3/t18-,19?,20-,26-/m0/s1. The van der Waals surface area contributed by atoms with Crippen molar-refractivity contribution in [2.24, 2.45) is 11.3 Å². The first-order valence-electron chi connectivity index (χ1n) is 13.8. The fourth-order valence-corrected chi connectivity index (χ4v) is 7.62. The molecule has 196 valence electrons. The van der Waals surface area contributed by atoms with Crippen molar-refractivity contribution < 1.29 is 23.8 Å². The highest BCUT2D eigenvalue weighted by Gasteiger charge is 2.63. The second kappa shape index (κ2) is 9.33. The minimum atomic E-state index is -0.870. The van der Waals surface area contributed by atoms with Crippen molar-refractivity contribution in [3.63, 3.8) is 0 Å². The highest BCUT2D eigenvalue weighted by Crippen LogP contribution is 2.56. The van der Waals surface area contributed by atoms with Crippen molar-refractivity contribution in [1.82, 2.24) is 14.9 Å². The molecule has 6 rings (SSSR count). The molecule has 0 radical (unpaired) electrons. The zero-order chi connectivity index (χ0) is 24.9. The zero-order valence-electron chi connectivity index (χ0n) is 21.5. The van der Waals surface area contributed by atoms with Gasteiger partial charge in [0.05, 0.1) is 37.3 Å². The van der Waals surface area contributed by atoms with Gasteiger partial charge >= 0.3 is 0 Å². The molecule has 1 aromatic heterocycles. The van der Waals surface area contributed by atoms with Gasteiger partial charge in [-0.1, -0.05) is 12.8 Å². The lowest BCUT2D eigenvalue weighted by molar-refractivity contribution is -0.255. The summed E-state index contributed by atoms with van der Waals surface area (Å²) in [6.45, 7) is 5.61. The topological polar surface area (TPSA) is 94.1 Å². The van der Waals surface area contributed by atoms with Crippen LogP contribution in [0.5, 0.6) is 5.75 Å². The number of likely N-dealkylation sites (tertiary alicyclic amines) is 1. The van der Waals surface area contributed by atoms with E-state index < -0.39 is 17.1 Å². The second-order valence-corrected chi connectivity index (χ2v) is 11.3. The minimum Gasteiger partial charge on any atom is -0.486 e. The van der Waals surface area contributed by atoms with Gasteiger partial charge in [0.15, 0.2) is 29.0 Å². The van der Waals surface area contributed by atoms with Crippen LogP contribution in [0.25, 0.3) is 0 Å². The van der Waals surface area contributed by atoms with Crippen molar-refractivity contribution >= 4 is 17.4 Å². The normalized spacial score (nSPS) is 33.1. The number of hydrogen-bond acceptors (Lipinski definition) is 9. The number of rotatable bonds is 4. The number of anilines is 1. The van der Waals surface area contributed by atoms with Crippen LogP contribution in [0.3, 0.4) is 0 Å². The van der Waals surface area contributed by atoms with Crippen LogP contribution in [-0.2, 0) is 14.3 Å². The van der Waals surface area contributed by atoms with Gasteiger partial charge in [-0.05, 0) is 59.0 Å². The average molecular weight is 499 g/mol. The summed E-state index contributed by atoms with van der Waals surface area (Å²) in [6, 6.07) is 0.662. The average Bonchev–Trinajstić information content (AvgIpc) is 3.55. The summed E-state index contributed by atoms with van der Waals surface area (Å²) in [5, 5.41) is 0. The lowest BCUT2D eigenvalue weighted by atomic mass is 9.57. The van der Waals surface area contributed by atoms with E-state index in [0.717, 1.165) is 38.6 Å². The third-order valence-electron chi connectivity index (χ3n) is 9.49. The molecule has 5 aliphatic rings. The van der Waals surface area contributed by atoms with E-state index in [1.807, 2.05) is 0 Å². The summed E-state index contributed by atoms with van der Waals surface area (Å²) in [5.41, 5.74) is -0.745. The minimum absolute atomic E-state index is 0.0317. The first-order valence-corrected chi connectivity index (χ1v) is 13.8. The van der Waals surface area contributed by atoms with Gasteiger partial charge < -0.3 is 24.0 Å². The quantitative estimate of drug-likeness (QED) is 0.459. The number of carbonyl (C=O) groups excluding carboxylic acids is 2. The molecular formula is C27H38N4O5. The molecule has 0 N–H and O–H groups in total. The van der Waals surface area contributed by atoms with Gasteiger partial charge in [-0.15, -0.1) is 0 Å². The molecule has 9 nitrogen and oxygen atoms in total. The fourth-order valence-electron chi connectivity index (χ4n) is 7.62. The molecule has 2 aliphatic carbocycles. The van der Waals surface area contributed by atoms with E-state index in [1.54, 1.807) is 6.20 Å². The Morgan fingerprint density at radius 3 is 2.61 bits per heavy atom. The Balaban J connectivity index is 1.28. The highest BCUT2D eigenvalue weighted by molar-refractivity contribution is 6.11. The van der Waals surface area contributed by atoms with Gasteiger partial charge in [0.2, 0.25) is 5.78 Å². The van der Waals surface area contributed by atoms with E-state index in [-0.39, 0.29) is 23.4 Å². The number of carbonyl (C=O) groups is 2. The Labute approximate surface area is 212 Å². The summed E-state index contributed by atoms with van der Waals surface area (Å²) in [7, 11) is 2.17. The molecule has 4 heterocycles. The molecule has 0 bridgehead atoms. The number of hydrogen-bond donors (Lipinski definition) is 0. The lowest BCUT2D eigenvalue weighted by Crippen LogP contribution is -2.60. The van der Waals surface area contributed by atoms with E-state index in [1.165, 1.54) is 6.42 Å². The Morgan fingerprint density at radius 2 is 1.83 bits per heavy atom. The molecule has 4 atom stereocenters. The first-order chi connectivity index (χ1) is 17.5. The first kappa shape index (κ1) is 24.2. The molecule has 0 aromatic carbocycles. The van der Waals surface area contributed by atoms with Gasteiger partial charge in [-0.2, -0.15) is 0 Å². The van der Waals surface area contributed by atoms with Gasteiger partial charge in [0.25, 0.3) is 0 Å². The predicted molar refractivity (Wildman–Crippen MR) is 132 cm³/mol. The van der Waals surface area contributed by atoms with Crippen molar-refractivity contribution in [1.29, 1.82) is 0 Å². The Morgan fingerprint density at radius 1 is 1.06 bits per heavy atom. The van der Waals surface area contributed by atoms with Crippen LogP contribution in [0, 0.1) is 11.3 Å². The van der Waals surface area contributed by atoms with Gasteiger partial charge in [0, 0.05) is 18.5 Å². The highest BCUT2D eigenvalue weighted by atomic mass is 16.7. The molecule has 2 saturated carbocycles. The number of ketones is 2. The molecule has 0 amide bonds. The number of fused-ring (bicyclic) bond motifs is 2. The number of Topliss-reactive ketones (excluding diaryl/α,β-unsaturated/α-hetero) is 2. The molecule has 1 unspecified atom stereocenters. The lowest BCUT2D eigenvalue weighted by Gasteiger charge is -2.51. The van der Waals surface area contributed by atoms with Crippen LogP contribution in [0.2, 0.25) is 0 Å². The van der Waals surface area contributed by atoms with Crippen LogP contribution in [0.4, 0.5) is 5.82 Å². The van der Waals surface area contributed by atoms with Crippen LogP contribution >= 0.6 is 0 Å². The Hall–Kier alpha value is -2.10. The van der Waals surface area contributed by atoms with E-state index in [0.29, 0.717) is 63.2 Å². The maximum absolute atomic E-state index is 14.1. The Bertz CT molecular complexity index is 1020. The SMILES string of the molecule is C[C@@H]([C@@H]1CCCN1C)N1CCOc2cnc(C(=O)C3CCC[C@@]4(CCCCC45OCCO5)C3=O)nc21. The summed E-state index contributed by atoms with van der Waals surface area (Å²) < 4.78 is 18.1. The molecule has 2 spiro atoms. The summed E-state index contributed by atoms with van der Waals surface area (Å²) in [4.78, 5) is 41.7. The summed E-state index contributed by atoms with van der Waals surface area (Å²) in [6.07, 6.45) is 9.35. The Kier molecular flexibility index (Phi) is 6.29. The molecule has 9 heteroatoms. The largest absolute Gasteiger partial charge is 0.486 e. The van der Waals surface area contributed by atoms with Crippen LogP contribution in [0.1, 0.15) is 75.3 Å². The van der Waals surface area contributed by atoms with Gasteiger partial charge in [-0.25, -0.2) is 9.97 Å². The zero-order valence-corrected chi connectivity index (χ0v) is 21.5. The van der Waals surface area contributed by atoms with Crippen LogP contribution in [0.15, 0.2) is 6.20 Å². The number of aromatic nitrogens is 2. The van der Waals surface area contributed by atoms with Crippen molar-refractivity contribution in [2.75, 3.05) is 44.9 Å². The summed E-state index contributed by atoms with van der Waals surface area (Å²) >= 11 is 0. The maximum atomic E-state index is 14.1. The fraction of sp³-hybridized carbons (Fsp3) is 0.778. The molecule has 3 aliphatic heterocycles. The smallest absolute Gasteiger partial charge is 0.210 e. The molecule has 1 aromatic rings.